The third-order valence-corrected chi connectivity index (χ3v) is 4.85. The zero-order valence-corrected chi connectivity index (χ0v) is 13.0. The van der Waals surface area contributed by atoms with Crippen LogP contribution in [0, 0.1) is 11.3 Å². The maximum atomic E-state index is 12.3. The average Bonchev–Trinajstić information content (AvgIpc) is 2.54. The maximum absolute atomic E-state index is 12.3. The predicted molar refractivity (Wildman–Crippen MR) is 83.7 cm³/mol. The van der Waals surface area contributed by atoms with Crippen LogP contribution < -0.4 is 5.32 Å². The summed E-state index contributed by atoms with van der Waals surface area (Å²) in [6.07, 6.45) is 1.12. The van der Waals surface area contributed by atoms with E-state index in [9.17, 15) is 10.1 Å². The standard InChI is InChI=1S/C16H20N2O2S/c1-13(21-11-14-5-3-2-4-6-14)15(19)18-16(12-17)7-9-20-10-8-16/h2-6,13H,7-11H2,1H3,(H,18,19). The molecule has 1 amide bonds. The Morgan fingerprint density at radius 1 is 1.43 bits per heavy atom. The Morgan fingerprint density at radius 3 is 2.71 bits per heavy atom. The molecule has 112 valence electrons. The van der Waals surface area contributed by atoms with E-state index < -0.39 is 5.54 Å². The smallest absolute Gasteiger partial charge is 0.234 e. The van der Waals surface area contributed by atoms with Crippen LogP contribution in [0.1, 0.15) is 25.3 Å². The maximum Gasteiger partial charge on any atom is 0.234 e. The van der Waals surface area contributed by atoms with Gasteiger partial charge in [-0.15, -0.1) is 11.8 Å². The summed E-state index contributed by atoms with van der Waals surface area (Å²) < 4.78 is 5.27. The van der Waals surface area contributed by atoms with Gasteiger partial charge in [0.25, 0.3) is 0 Å². The second kappa shape index (κ2) is 7.48. The summed E-state index contributed by atoms with van der Waals surface area (Å²) in [5.41, 5.74) is 0.444. The monoisotopic (exact) mass is 304 g/mol. The van der Waals surface area contributed by atoms with E-state index in [1.807, 2.05) is 37.3 Å². The molecule has 0 aromatic heterocycles. The zero-order chi connectivity index (χ0) is 15.1. The van der Waals surface area contributed by atoms with Gasteiger partial charge in [0.15, 0.2) is 0 Å². The first-order valence-electron chi connectivity index (χ1n) is 7.12. The highest BCUT2D eigenvalue weighted by molar-refractivity contribution is 7.99. The van der Waals surface area contributed by atoms with Gasteiger partial charge in [0, 0.05) is 31.8 Å². The summed E-state index contributed by atoms with van der Waals surface area (Å²) in [7, 11) is 0. The van der Waals surface area contributed by atoms with E-state index in [0.717, 1.165) is 5.75 Å². The molecule has 0 saturated carbocycles. The number of benzene rings is 1. The molecule has 21 heavy (non-hydrogen) atoms. The van der Waals surface area contributed by atoms with Gasteiger partial charge in [0.1, 0.15) is 5.54 Å². The van der Waals surface area contributed by atoms with Gasteiger partial charge in [-0.3, -0.25) is 4.79 Å². The zero-order valence-electron chi connectivity index (χ0n) is 12.2. The van der Waals surface area contributed by atoms with E-state index in [1.165, 1.54) is 5.56 Å². The lowest BCUT2D eigenvalue weighted by Crippen LogP contribution is -2.52. The average molecular weight is 304 g/mol. The van der Waals surface area contributed by atoms with E-state index in [4.69, 9.17) is 4.74 Å². The second-order valence-electron chi connectivity index (χ2n) is 5.23. The van der Waals surface area contributed by atoms with Gasteiger partial charge in [0.05, 0.1) is 11.3 Å². The number of thioether (sulfide) groups is 1. The third-order valence-electron chi connectivity index (χ3n) is 3.63. The molecule has 0 aliphatic carbocycles. The van der Waals surface area contributed by atoms with E-state index in [1.54, 1.807) is 11.8 Å². The third kappa shape index (κ3) is 4.48. The normalized spacial score (nSPS) is 18.5. The van der Waals surface area contributed by atoms with Crippen molar-refractivity contribution in [3.8, 4) is 6.07 Å². The SMILES string of the molecule is CC(SCc1ccccc1)C(=O)NC1(C#N)CCOCC1. The van der Waals surface area contributed by atoms with Crippen LogP contribution in [0.2, 0.25) is 0 Å². The van der Waals surface area contributed by atoms with Crippen molar-refractivity contribution in [2.45, 2.75) is 36.3 Å². The summed E-state index contributed by atoms with van der Waals surface area (Å²) in [5, 5.41) is 12.1. The quantitative estimate of drug-likeness (QED) is 0.908. The molecular formula is C16H20N2O2S. The van der Waals surface area contributed by atoms with Gasteiger partial charge in [-0.2, -0.15) is 5.26 Å². The number of nitriles is 1. The number of ether oxygens (including phenoxy) is 1. The van der Waals surface area contributed by atoms with Gasteiger partial charge in [0.2, 0.25) is 5.91 Å². The highest BCUT2D eigenvalue weighted by Crippen LogP contribution is 2.22. The molecule has 0 bridgehead atoms. The Labute approximate surface area is 129 Å². The molecule has 1 atom stereocenters. The number of carbonyl (C=O) groups excluding carboxylic acids is 1. The molecule has 1 unspecified atom stereocenters. The summed E-state index contributed by atoms with van der Waals surface area (Å²) >= 11 is 1.58. The lowest BCUT2D eigenvalue weighted by Gasteiger charge is -2.32. The van der Waals surface area contributed by atoms with Crippen molar-refractivity contribution < 1.29 is 9.53 Å². The molecule has 1 aromatic carbocycles. The van der Waals surface area contributed by atoms with Crippen molar-refractivity contribution in [2.75, 3.05) is 13.2 Å². The largest absolute Gasteiger partial charge is 0.381 e. The van der Waals surface area contributed by atoms with E-state index in [0.29, 0.717) is 26.1 Å². The summed E-state index contributed by atoms with van der Waals surface area (Å²) in [6.45, 7) is 2.94. The summed E-state index contributed by atoms with van der Waals surface area (Å²) in [6, 6.07) is 12.3. The molecule has 4 nitrogen and oxygen atoms in total. The molecule has 1 fully saturated rings. The van der Waals surface area contributed by atoms with Crippen LogP contribution in [0.4, 0.5) is 0 Å². The van der Waals surface area contributed by atoms with Crippen LogP contribution in [-0.2, 0) is 15.3 Å². The van der Waals surface area contributed by atoms with Crippen LogP contribution in [-0.4, -0.2) is 29.9 Å². The van der Waals surface area contributed by atoms with Crippen molar-refractivity contribution in [1.82, 2.24) is 5.32 Å². The highest BCUT2D eigenvalue weighted by atomic mass is 32.2. The topological polar surface area (TPSA) is 62.1 Å². The number of rotatable bonds is 5. The van der Waals surface area contributed by atoms with E-state index >= 15 is 0 Å². The number of hydrogen-bond donors (Lipinski definition) is 1. The molecule has 0 radical (unpaired) electrons. The Kier molecular flexibility index (Phi) is 5.66. The minimum Gasteiger partial charge on any atom is -0.381 e. The van der Waals surface area contributed by atoms with Crippen molar-refractivity contribution in [1.29, 1.82) is 5.26 Å². The molecule has 1 aliphatic rings. The lowest BCUT2D eigenvalue weighted by atomic mass is 9.91. The fourth-order valence-corrected chi connectivity index (χ4v) is 3.04. The first kappa shape index (κ1) is 15.9. The van der Waals surface area contributed by atoms with Gasteiger partial charge in [-0.25, -0.2) is 0 Å². The Morgan fingerprint density at radius 2 is 2.10 bits per heavy atom. The molecular weight excluding hydrogens is 284 g/mol. The number of nitrogens with one attached hydrogen (secondary N) is 1. The van der Waals surface area contributed by atoms with Crippen LogP contribution >= 0.6 is 11.8 Å². The first-order valence-corrected chi connectivity index (χ1v) is 8.17. The molecule has 1 aliphatic heterocycles. The van der Waals surface area contributed by atoms with Crippen molar-refractivity contribution in [3.63, 3.8) is 0 Å². The van der Waals surface area contributed by atoms with Gasteiger partial charge < -0.3 is 10.1 Å². The van der Waals surface area contributed by atoms with E-state index in [-0.39, 0.29) is 11.2 Å². The van der Waals surface area contributed by atoms with Crippen LogP contribution in [0.25, 0.3) is 0 Å². The van der Waals surface area contributed by atoms with Crippen LogP contribution in [0.15, 0.2) is 30.3 Å². The van der Waals surface area contributed by atoms with Crippen molar-refractivity contribution >= 4 is 17.7 Å². The molecule has 5 heteroatoms. The van der Waals surface area contributed by atoms with Gasteiger partial charge in [-0.05, 0) is 12.5 Å². The van der Waals surface area contributed by atoms with Gasteiger partial charge in [-0.1, -0.05) is 30.3 Å². The Bertz CT molecular complexity index is 507. The minimum atomic E-state index is -0.753. The van der Waals surface area contributed by atoms with E-state index in [2.05, 4.69) is 11.4 Å². The fraction of sp³-hybridized carbons (Fsp3) is 0.500. The highest BCUT2D eigenvalue weighted by Gasteiger charge is 2.35. The predicted octanol–water partition coefficient (Wildman–Crippen LogP) is 2.50. The fourth-order valence-electron chi connectivity index (χ4n) is 2.19. The van der Waals surface area contributed by atoms with Crippen LogP contribution in [0.5, 0.6) is 0 Å². The first-order chi connectivity index (χ1) is 10.2. The molecule has 2 rings (SSSR count). The molecule has 1 aromatic rings. The van der Waals surface area contributed by atoms with Crippen LogP contribution in [0.3, 0.4) is 0 Å². The minimum absolute atomic E-state index is 0.0700. The number of nitrogens with zero attached hydrogens (tertiary/aromatic N) is 1. The summed E-state index contributed by atoms with van der Waals surface area (Å²) in [4.78, 5) is 12.3. The number of hydrogen-bond acceptors (Lipinski definition) is 4. The molecule has 1 saturated heterocycles. The Balaban J connectivity index is 1.86. The number of amides is 1. The molecule has 1 heterocycles. The Hall–Kier alpha value is -1.51. The summed E-state index contributed by atoms with van der Waals surface area (Å²) in [5.74, 6) is 0.720. The molecule has 0 spiro atoms. The lowest BCUT2D eigenvalue weighted by molar-refractivity contribution is -0.122. The second-order valence-corrected chi connectivity index (χ2v) is 6.56. The van der Waals surface area contributed by atoms with Crippen molar-refractivity contribution in [2.24, 2.45) is 0 Å². The number of carbonyl (C=O) groups is 1. The van der Waals surface area contributed by atoms with Gasteiger partial charge >= 0.3 is 0 Å². The molecule has 1 N–H and O–H groups in total. The van der Waals surface area contributed by atoms with Crippen molar-refractivity contribution in [3.05, 3.63) is 35.9 Å².